The van der Waals surface area contributed by atoms with E-state index in [4.69, 9.17) is 0 Å². The Morgan fingerprint density at radius 2 is 1.95 bits per heavy atom. The van der Waals surface area contributed by atoms with E-state index in [2.05, 4.69) is 65.7 Å². The van der Waals surface area contributed by atoms with E-state index in [-0.39, 0.29) is 24.0 Å². The Kier molecular flexibility index (Phi) is 8.78. The lowest BCUT2D eigenvalue weighted by Crippen LogP contribution is -2.45. The van der Waals surface area contributed by atoms with Crippen molar-refractivity contribution in [1.82, 2.24) is 15.5 Å². The summed E-state index contributed by atoms with van der Waals surface area (Å²) in [5.74, 6) is 0.900. The number of benzene rings is 1. The lowest BCUT2D eigenvalue weighted by Gasteiger charge is -2.25. The Morgan fingerprint density at radius 3 is 2.55 bits per heavy atom. The summed E-state index contributed by atoms with van der Waals surface area (Å²) in [6, 6.07) is 11.7. The van der Waals surface area contributed by atoms with Gasteiger partial charge in [0.05, 0.1) is 6.54 Å². The third-order valence-corrected chi connectivity index (χ3v) is 3.99. The van der Waals surface area contributed by atoms with Crippen LogP contribution < -0.4 is 10.6 Å². The van der Waals surface area contributed by atoms with Crippen LogP contribution in [0.5, 0.6) is 0 Å². The molecule has 0 heterocycles. The fraction of sp³-hybridized carbons (Fsp3) is 0.588. The van der Waals surface area contributed by atoms with Gasteiger partial charge in [0.25, 0.3) is 0 Å². The van der Waals surface area contributed by atoms with Crippen molar-refractivity contribution >= 4 is 29.9 Å². The monoisotopic (exact) mass is 416 g/mol. The highest BCUT2D eigenvalue weighted by atomic mass is 127. The van der Waals surface area contributed by atoms with Gasteiger partial charge < -0.3 is 10.6 Å². The number of likely N-dealkylation sites (N-methyl/N-ethyl adjacent to an activating group) is 1. The average Bonchev–Trinajstić information content (AvgIpc) is 3.34. The number of hydrogen-bond donors (Lipinski definition) is 2. The van der Waals surface area contributed by atoms with Crippen LogP contribution in [0.2, 0.25) is 0 Å². The minimum Gasteiger partial charge on any atom is -0.357 e. The van der Waals surface area contributed by atoms with Gasteiger partial charge in [-0.3, -0.25) is 4.90 Å². The molecular formula is C17H29IN4. The Balaban J connectivity index is 0.00000242. The predicted molar refractivity (Wildman–Crippen MR) is 105 cm³/mol. The van der Waals surface area contributed by atoms with Crippen molar-refractivity contribution in [3.8, 4) is 0 Å². The minimum absolute atomic E-state index is 0. The quantitative estimate of drug-likeness (QED) is 0.408. The third kappa shape index (κ3) is 6.52. The number of nitrogens with zero attached hydrogens (tertiary/aromatic N) is 2. The molecule has 22 heavy (non-hydrogen) atoms. The molecule has 1 aromatic carbocycles. The van der Waals surface area contributed by atoms with E-state index in [0.29, 0.717) is 12.6 Å². The lowest BCUT2D eigenvalue weighted by molar-refractivity contribution is 0.247. The smallest absolute Gasteiger partial charge is 0.191 e. The molecule has 0 amide bonds. The first-order valence-corrected chi connectivity index (χ1v) is 7.98. The molecule has 2 rings (SSSR count). The molecule has 1 aliphatic carbocycles. The summed E-state index contributed by atoms with van der Waals surface area (Å²) in [4.78, 5) is 7.12. The Hall–Kier alpha value is -0.820. The van der Waals surface area contributed by atoms with Crippen LogP contribution in [-0.4, -0.2) is 43.1 Å². The van der Waals surface area contributed by atoms with Crippen LogP contribution in [-0.2, 0) is 6.54 Å². The van der Waals surface area contributed by atoms with Gasteiger partial charge in [0.1, 0.15) is 0 Å². The van der Waals surface area contributed by atoms with Crippen LogP contribution in [0.4, 0.5) is 0 Å². The van der Waals surface area contributed by atoms with Crippen LogP contribution in [0, 0.1) is 0 Å². The van der Waals surface area contributed by atoms with Crippen LogP contribution >= 0.6 is 24.0 Å². The van der Waals surface area contributed by atoms with E-state index < -0.39 is 0 Å². The molecule has 0 aromatic heterocycles. The van der Waals surface area contributed by atoms with Crippen LogP contribution in [0.25, 0.3) is 0 Å². The van der Waals surface area contributed by atoms with Crippen molar-refractivity contribution in [1.29, 1.82) is 0 Å². The van der Waals surface area contributed by atoms with Gasteiger partial charge in [0.15, 0.2) is 5.96 Å². The normalized spacial score (nSPS) is 16.1. The van der Waals surface area contributed by atoms with E-state index in [1.165, 1.54) is 18.4 Å². The van der Waals surface area contributed by atoms with Gasteiger partial charge in [-0.2, -0.15) is 0 Å². The Bertz CT molecular complexity index is 445. The van der Waals surface area contributed by atoms with Gasteiger partial charge in [-0.15, -0.1) is 24.0 Å². The summed E-state index contributed by atoms with van der Waals surface area (Å²) >= 11 is 0. The van der Waals surface area contributed by atoms with Crippen LogP contribution in [0.1, 0.15) is 32.3 Å². The van der Waals surface area contributed by atoms with E-state index in [0.717, 1.165) is 25.1 Å². The second kappa shape index (κ2) is 10.0. The van der Waals surface area contributed by atoms with Crippen LogP contribution in [0.3, 0.4) is 0 Å². The SMILES string of the molecule is CCNC(=NCc1ccccc1)NCC(C)N(C)C1CC1.I. The first-order chi connectivity index (χ1) is 10.2. The second-order valence-corrected chi connectivity index (χ2v) is 5.81. The Morgan fingerprint density at radius 1 is 1.27 bits per heavy atom. The predicted octanol–water partition coefficient (Wildman–Crippen LogP) is 2.84. The van der Waals surface area contributed by atoms with E-state index in [1.807, 2.05) is 6.07 Å². The molecule has 4 nitrogen and oxygen atoms in total. The number of nitrogens with one attached hydrogen (secondary N) is 2. The molecule has 0 radical (unpaired) electrons. The summed E-state index contributed by atoms with van der Waals surface area (Å²) in [5, 5.41) is 6.76. The summed E-state index contributed by atoms with van der Waals surface area (Å²) in [6.45, 7) is 6.88. The van der Waals surface area contributed by atoms with Crippen molar-refractivity contribution in [3.63, 3.8) is 0 Å². The molecule has 0 spiro atoms. The maximum Gasteiger partial charge on any atom is 0.191 e. The van der Waals surface area contributed by atoms with E-state index in [9.17, 15) is 0 Å². The zero-order valence-electron chi connectivity index (χ0n) is 13.9. The Labute approximate surface area is 151 Å². The lowest BCUT2D eigenvalue weighted by atomic mass is 10.2. The largest absolute Gasteiger partial charge is 0.357 e. The first-order valence-electron chi connectivity index (χ1n) is 7.98. The molecule has 0 bridgehead atoms. The van der Waals surface area contributed by atoms with Gasteiger partial charge in [-0.25, -0.2) is 4.99 Å². The molecule has 1 aliphatic rings. The number of guanidine groups is 1. The van der Waals surface area contributed by atoms with Crippen molar-refractivity contribution in [2.24, 2.45) is 4.99 Å². The maximum atomic E-state index is 4.65. The number of rotatable bonds is 7. The highest BCUT2D eigenvalue weighted by Crippen LogP contribution is 2.26. The maximum absolute atomic E-state index is 4.65. The van der Waals surface area contributed by atoms with Gasteiger partial charge in [-0.05, 0) is 39.3 Å². The highest BCUT2D eigenvalue weighted by Gasteiger charge is 2.28. The number of hydrogen-bond acceptors (Lipinski definition) is 2. The fourth-order valence-corrected chi connectivity index (χ4v) is 2.33. The summed E-state index contributed by atoms with van der Waals surface area (Å²) < 4.78 is 0. The van der Waals surface area contributed by atoms with E-state index >= 15 is 0 Å². The van der Waals surface area contributed by atoms with Gasteiger partial charge >= 0.3 is 0 Å². The van der Waals surface area contributed by atoms with Crippen molar-refractivity contribution < 1.29 is 0 Å². The van der Waals surface area contributed by atoms with Gasteiger partial charge in [0, 0.05) is 25.2 Å². The van der Waals surface area contributed by atoms with Gasteiger partial charge in [0.2, 0.25) is 0 Å². The molecule has 1 fully saturated rings. The molecule has 124 valence electrons. The molecule has 1 aromatic rings. The second-order valence-electron chi connectivity index (χ2n) is 5.81. The van der Waals surface area contributed by atoms with E-state index in [1.54, 1.807) is 0 Å². The highest BCUT2D eigenvalue weighted by molar-refractivity contribution is 14.0. The number of aliphatic imine (C=N–C) groups is 1. The molecule has 0 saturated heterocycles. The topological polar surface area (TPSA) is 39.7 Å². The standard InChI is InChI=1S/C17H28N4.HI/c1-4-18-17(20-13-15-8-6-5-7-9-15)19-12-14(2)21(3)16-10-11-16;/h5-9,14,16H,4,10-13H2,1-3H3,(H2,18,19,20);1H. The third-order valence-electron chi connectivity index (χ3n) is 3.99. The number of halogens is 1. The molecule has 1 unspecified atom stereocenters. The van der Waals surface area contributed by atoms with Crippen LogP contribution in [0.15, 0.2) is 35.3 Å². The van der Waals surface area contributed by atoms with Crippen molar-refractivity contribution in [3.05, 3.63) is 35.9 Å². The fourth-order valence-electron chi connectivity index (χ4n) is 2.33. The molecule has 1 saturated carbocycles. The minimum atomic E-state index is 0. The summed E-state index contributed by atoms with van der Waals surface area (Å²) in [7, 11) is 2.22. The average molecular weight is 416 g/mol. The zero-order valence-corrected chi connectivity index (χ0v) is 16.2. The molecule has 5 heteroatoms. The first kappa shape index (κ1) is 19.2. The summed E-state index contributed by atoms with van der Waals surface area (Å²) in [5.41, 5.74) is 1.23. The molecule has 0 aliphatic heterocycles. The molecule has 1 atom stereocenters. The zero-order chi connectivity index (χ0) is 15.1. The van der Waals surface area contributed by atoms with Crippen molar-refractivity contribution in [2.45, 2.75) is 45.3 Å². The van der Waals surface area contributed by atoms with Crippen molar-refractivity contribution in [2.75, 3.05) is 20.1 Å². The van der Waals surface area contributed by atoms with Gasteiger partial charge in [-0.1, -0.05) is 30.3 Å². The molecular weight excluding hydrogens is 387 g/mol. The summed E-state index contributed by atoms with van der Waals surface area (Å²) in [6.07, 6.45) is 2.70. The molecule has 2 N–H and O–H groups in total.